The van der Waals surface area contributed by atoms with Crippen LogP contribution in [0.2, 0.25) is 0 Å². The first-order valence-electron chi connectivity index (χ1n) is 5.48. The second-order valence-corrected chi connectivity index (χ2v) is 6.96. The van der Waals surface area contributed by atoms with E-state index in [0.717, 1.165) is 30.2 Å². The molecule has 1 heterocycles. The quantitative estimate of drug-likeness (QED) is 0.611. The van der Waals surface area contributed by atoms with Gasteiger partial charge in [0, 0.05) is 18.7 Å². The van der Waals surface area contributed by atoms with Crippen LogP contribution in [0.1, 0.15) is 19.8 Å². The summed E-state index contributed by atoms with van der Waals surface area (Å²) in [5.41, 5.74) is -0.196. The Morgan fingerprint density at radius 2 is 2.22 bits per heavy atom. The average molecular weight is 291 g/mol. The highest BCUT2D eigenvalue weighted by atomic mass is 32.2. The average Bonchev–Trinajstić information content (AvgIpc) is 2.95. The van der Waals surface area contributed by atoms with Gasteiger partial charge in [-0.1, -0.05) is 11.3 Å². The zero-order chi connectivity index (χ0) is 13.3. The van der Waals surface area contributed by atoms with E-state index in [0.29, 0.717) is 6.54 Å². The lowest BCUT2D eigenvalue weighted by molar-refractivity contribution is -0.383. The van der Waals surface area contributed by atoms with Crippen LogP contribution in [-0.2, 0) is 10.0 Å². The van der Waals surface area contributed by atoms with E-state index in [1.165, 1.54) is 0 Å². The Morgan fingerprint density at radius 1 is 1.56 bits per heavy atom. The summed E-state index contributed by atoms with van der Waals surface area (Å²) in [5, 5.41) is 13.9. The SMILES string of the molecule is CCNc1sc(S(=O)(=O)NC2CC2)cc1[N+](=O)[O-]. The van der Waals surface area contributed by atoms with Gasteiger partial charge in [-0.3, -0.25) is 10.1 Å². The molecule has 0 aromatic carbocycles. The molecule has 0 atom stereocenters. The molecule has 1 aromatic rings. The lowest BCUT2D eigenvalue weighted by Crippen LogP contribution is -2.24. The van der Waals surface area contributed by atoms with Crippen molar-refractivity contribution < 1.29 is 13.3 Å². The number of sulfonamides is 1. The Morgan fingerprint density at radius 3 is 2.72 bits per heavy atom. The zero-order valence-corrected chi connectivity index (χ0v) is 11.3. The van der Waals surface area contributed by atoms with Crippen molar-refractivity contribution in [3.05, 3.63) is 16.2 Å². The van der Waals surface area contributed by atoms with Crippen LogP contribution >= 0.6 is 11.3 Å². The van der Waals surface area contributed by atoms with Gasteiger partial charge in [0.05, 0.1) is 4.92 Å². The fourth-order valence-corrected chi connectivity index (χ4v) is 4.11. The molecule has 7 nitrogen and oxygen atoms in total. The van der Waals surface area contributed by atoms with Gasteiger partial charge in [0.1, 0.15) is 4.21 Å². The van der Waals surface area contributed by atoms with Crippen molar-refractivity contribution in [3.8, 4) is 0 Å². The molecule has 0 radical (unpaired) electrons. The highest BCUT2D eigenvalue weighted by molar-refractivity contribution is 7.91. The summed E-state index contributed by atoms with van der Waals surface area (Å²) < 4.78 is 26.3. The van der Waals surface area contributed by atoms with Gasteiger partial charge in [0.25, 0.3) is 10.0 Å². The normalized spacial score (nSPS) is 15.6. The summed E-state index contributed by atoms with van der Waals surface area (Å²) in [6.07, 6.45) is 1.65. The molecule has 1 aromatic heterocycles. The molecule has 0 spiro atoms. The first kappa shape index (κ1) is 13.2. The maximum Gasteiger partial charge on any atom is 0.304 e. The van der Waals surface area contributed by atoms with Crippen LogP contribution in [0.3, 0.4) is 0 Å². The standard InChI is InChI=1S/C9H13N3O4S2/c1-2-10-9-7(12(13)14)5-8(17-9)18(15,16)11-6-3-4-6/h5-6,10-11H,2-4H2,1H3. The molecule has 0 unspecified atom stereocenters. The van der Waals surface area contributed by atoms with Crippen molar-refractivity contribution in [2.45, 2.75) is 30.0 Å². The van der Waals surface area contributed by atoms with Crippen molar-refractivity contribution in [3.63, 3.8) is 0 Å². The molecule has 2 N–H and O–H groups in total. The number of nitro groups is 1. The lowest BCUT2D eigenvalue weighted by Gasteiger charge is -2.00. The van der Waals surface area contributed by atoms with Gasteiger partial charge in [-0.25, -0.2) is 13.1 Å². The molecule has 0 aliphatic heterocycles. The minimum Gasteiger partial charge on any atom is -0.372 e. The maximum absolute atomic E-state index is 11.9. The summed E-state index contributed by atoms with van der Waals surface area (Å²) in [5.74, 6) is 0. The Kier molecular flexibility index (Phi) is 3.55. The van der Waals surface area contributed by atoms with Crippen LogP contribution in [0.4, 0.5) is 10.7 Å². The Hall–Kier alpha value is -1.19. The lowest BCUT2D eigenvalue weighted by atomic mass is 10.5. The van der Waals surface area contributed by atoms with E-state index >= 15 is 0 Å². The third kappa shape index (κ3) is 2.79. The molecular weight excluding hydrogens is 278 g/mol. The number of anilines is 1. The number of thiophene rings is 1. The van der Waals surface area contributed by atoms with Gasteiger partial charge >= 0.3 is 5.69 Å². The zero-order valence-electron chi connectivity index (χ0n) is 9.67. The molecule has 18 heavy (non-hydrogen) atoms. The molecule has 1 aliphatic carbocycles. The summed E-state index contributed by atoms with van der Waals surface area (Å²) in [7, 11) is -3.63. The van der Waals surface area contributed by atoms with Crippen molar-refractivity contribution in [2.24, 2.45) is 0 Å². The van der Waals surface area contributed by atoms with E-state index < -0.39 is 14.9 Å². The van der Waals surface area contributed by atoms with E-state index in [-0.39, 0.29) is 20.9 Å². The van der Waals surface area contributed by atoms with Crippen molar-refractivity contribution in [2.75, 3.05) is 11.9 Å². The number of hydrogen-bond acceptors (Lipinski definition) is 6. The van der Waals surface area contributed by atoms with Gasteiger partial charge in [-0.2, -0.15) is 0 Å². The molecular formula is C9H13N3O4S2. The van der Waals surface area contributed by atoms with Crippen LogP contribution in [-0.4, -0.2) is 25.9 Å². The number of nitrogens with one attached hydrogen (secondary N) is 2. The first-order chi connectivity index (χ1) is 8.44. The van der Waals surface area contributed by atoms with Crippen LogP contribution in [0.15, 0.2) is 10.3 Å². The van der Waals surface area contributed by atoms with E-state index in [1.54, 1.807) is 6.92 Å². The monoisotopic (exact) mass is 291 g/mol. The van der Waals surface area contributed by atoms with Crippen molar-refractivity contribution in [1.82, 2.24) is 4.72 Å². The van der Waals surface area contributed by atoms with Crippen molar-refractivity contribution >= 4 is 32.0 Å². The fraction of sp³-hybridized carbons (Fsp3) is 0.556. The fourth-order valence-electron chi connectivity index (χ4n) is 1.39. The second kappa shape index (κ2) is 4.82. The third-order valence-corrected chi connectivity index (χ3v) is 5.46. The molecule has 0 amide bonds. The molecule has 1 aliphatic rings. The smallest absolute Gasteiger partial charge is 0.304 e. The molecule has 9 heteroatoms. The molecule has 100 valence electrons. The van der Waals surface area contributed by atoms with E-state index in [9.17, 15) is 18.5 Å². The molecule has 1 saturated carbocycles. The van der Waals surface area contributed by atoms with E-state index in [2.05, 4.69) is 10.0 Å². The van der Waals surface area contributed by atoms with E-state index in [4.69, 9.17) is 0 Å². The van der Waals surface area contributed by atoms with Gasteiger partial charge < -0.3 is 5.32 Å². The van der Waals surface area contributed by atoms with Gasteiger partial charge in [0.15, 0.2) is 5.00 Å². The largest absolute Gasteiger partial charge is 0.372 e. The number of rotatable bonds is 6. The minimum atomic E-state index is -3.63. The second-order valence-electron chi connectivity index (χ2n) is 3.96. The molecule has 0 bridgehead atoms. The van der Waals surface area contributed by atoms with Crippen LogP contribution < -0.4 is 10.0 Å². The topological polar surface area (TPSA) is 101 Å². The highest BCUT2D eigenvalue weighted by Crippen LogP contribution is 2.37. The van der Waals surface area contributed by atoms with Crippen LogP contribution in [0.5, 0.6) is 0 Å². The number of hydrogen-bond donors (Lipinski definition) is 2. The number of nitrogens with zero attached hydrogens (tertiary/aromatic N) is 1. The summed E-state index contributed by atoms with van der Waals surface area (Å²) in [4.78, 5) is 10.2. The third-order valence-electron chi connectivity index (χ3n) is 2.39. The minimum absolute atomic E-state index is 0.0151. The van der Waals surface area contributed by atoms with Gasteiger partial charge in [0.2, 0.25) is 0 Å². The maximum atomic E-state index is 11.9. The Labute approximate surface area is 108 Å². The molecule has 1 fully saturated rings. The summed E-state index contributed by atoms with van der Waals surface area (Å²) in [6.45, 7) is 2.29. The Balaban J connectivity index is 2.32. The Bertz CT molecular complexity index is 562. The molecule has 2 rings (SSSR count). The first-order valence-corrected chi connectivity index (χ1v) is 7.78. The predicted octanol–water partition coefficient (Wildman–Crippen LogP) is 1.53. The summed E-state index contributed by atoms with van der Waals surface area (Å²) in [6, 6.07) is 1.09. The highest BCUT2D eigenvalue weighted by Gasteiger charge is 2.31. The van der Waals surface area contributed by atoms with Crippen molar-refractivity contribution in [1.29, 1.82) is 0 Å². The summed E-state index contributed by atoms with van der Waals surface area (Å²) >= 11 is 0.886. The van der Waals surface area contributed by atoms with Gasteiger partial charge in [-0.05, 0) is 19.8 Å². The van der Waals surface area contributed by atoms with Crippen LogP contribution in [0, 0.1) is 10.1 Å². The van der Waals surface area contributed by atoms with E-state index in [1.807, 2.05) is 0 Å². The van der Waals surface area contributed by atoms with Gasteiger partial charge in [-0.15, -0.1) is 0 Å². The predicted molar refractivity (Wildman–Crippen MR) is 68.5 cm³/mol. The van der Waals surface area contributed by atoms with Crippen LogP contribution in [0.25, 0.3) is 0 Å². The molecule has 0 saturated heterocycles.